The number of methoxy groups -OCH3 is 1. The van der Waals surface area contributed by atoms with Crippen molar-refractivity contribution in [1.82, 2.24) is 4.57 Å². The summed E-state index contributed by atoms with van der Waals surface area (Å²) in [6, 6.07) is 20.8. The van der Waals surface area contributed by atoms with Crippen LogP contribution in [0.3, 0.4) is 0 Å². The molecule has 1 amide bonds. The molecule has 1 aromatic heterocycles. The number of hydrogen-bond donors (Lipinski definition) is 2. The summed E-state index contributed by atoms with van der Waals surface area (Å²) in [5.41, 5.74) is 8.87. The Morgan fingerprint density at radius 2 is 1.83 bits per heavy atom. The van der Waals surface area contributed by atoms with Gasteiger partial charge in [-0.15, -0.1) is 0 Å². The van der Waals surface area contributed by atoms with Crippen LogP contribution in [0.2, 0.25) is 0 Å². The third-order valence-electron chi connectivity index (χ3n) is 4.79. The summed E-state index contributed by atoms with van der Waals surface area (Å²) < 4.78 is 21.2. The molecule has 4 rings (SSSR count). The van der Waals surface area contributed by atoms with Crippen LogP contribution in [0.1, 0.15) is 16.1 Å². The second-order valence-corrected chi connectivity index (χ2v) is 6.71. The fourth-order valence-electron chi connectivity index (χ4n) is 3.31. The van der Waals surface area contributed by atoms with Crippen LogP contribution in [0.4, 0.5) is 15.8 Å². The molecule has 4 aromatic rings. The smallest absolute Gasteiger partial charge is 0.272 e. The molecule has 3 aromatic carbocycles. The maximum atomic E-state index is 14.3. The Kier molecular flexibility index (Phi) is 4.91. The summed E-state index contributed by atoms with van der Waals surface area (Å²) in [6.07, 6.45) is 0. The molecule has 0 aliphatic rings. The Bertz CT molecular complexity index is 1180. The molecule has 0 spiro atoms. The van der Waals surface area contributed by atoms with Gasteiger partial charge in [0.1, 0.15) is 17.3 Å². The van der Waals surface area contributed by atoms with Crippen molar-refractivity contribution >= 4 is 28.2 Å². The van der Waals surface area contributed by atoms with Crippen LogP contribution in [0.25, 0.3) is 10.9 Å². The first-order valence-electron chi connectivity index (χ1n) is 9.13. The molecule has 0 fully saturated rings. The van der Waals surface area contributed by atoms with Crippen molar-refractivity contribution in [3.63, 3.8) is 0 Å². The van der Waals surface area contributed by atoms with Crippen LogP contribution < -0.4 is 15.8 Å². The van der Waals surface area contributed by atoms with Crippen molar-refractivity contribution in [1.29, 1.82) is 0 Å². The van der Waals surface area contributed by atoms with Crippen LogP contribution in [0.5, 0.6) is 5.75 Å². The van der Waals surface area contributed by atoms with Gasteiger partial charge in [-0.2, -0.15) is 0 Å². The zero-order valence-corrected chi connectivity index (χ0v) is 15.9. The zero-order valence-electron chi connectivity index (χ0n) is 15.9. The molecule has 0 bridgehead atoms. The fourth-order valence-corrected chi connectivity index (χ4v) is 3.31. The number of rotatable bonds is 5. The highest BCUT2D eigenvalue weighted by atomic mass is 19.1. The molecule has 146 valence electrons. The Balaban J connectivity index is 1.73. The number of amides is 1. The minimum Gasteiger partial charge on any atom is -0.497 e. The lowest BCUT2D eigenvalue weighted by Crippen LogP contribution is -2.17. The van der Waals surface area contributed by atoms with E-state index in [1.165, 1.54) is 6.07 Å². The molecular weight excluding hydrogens is 369 g/mol. The molecule has 0 radical (unpaired) electrons. The number of nitrogen functional groups attached to an aromatic ring is 1. The predicted octanol–water partition coefficient (Wildman–Crippen LogP) is 4.67. The van der Waals surface area contributed by atoms with Gasteiger partial charge >= 0.3 is 0 Å². The first-order valence-corrected chi connectivity index (χ1v) is 9.13. The van der Waals surface area contributed by atoms with E-state index in [-0.39, 0.29) is 18.3 Å². The number of carbonyl (C=O) groups is 1. The molecular formula is C23H20FN3O2. The third kappa shape index (κ3) is 3.78. The topological polar surface area (TPSA) is 69.3 Å². The Morgan fingerprint density at radius 3 is 2.55 bits per heavy atom. The second-order valence-electron chi connectivity index (χ2n) is 6.71. The van der Waals surface area contributed by atoms with E-state index in [4.69, 9.17) is 10.5 Å². The van der Waals surface area contributed by atoms with E-state index in [1.807, 2.05) is 6.07 Å². The first-order chi connectivity index (χ1) is 14.0. The van der Waals surface area contributed by atoms with Gasteiger partial charge in [-0.3, -0.25) is 4.79 Å². The van der Waals surface area contributed by atoms with E-state index in [2.05, 4.69) is 5.32 Å². The van der Waals surface area contributed by atoms with Gasteiger partial charge in [-0.25, -0.2) is 4.39 Å². The molecule has 1 heterocycles. The van der Waals surface area contributed by atoms with E-state index >= 15 is 0 Å². The number of nitrogens with zero attached hydrogens (tertiary/aromatic N) is 1. The molecule has 5 nitrogen and oxygen atoms in total. The quantitative estimate of drug-likeness (QED) is 0.487. The number of halogens is 1. The third-order valence-corrected chi connectivity index (χ3v) is 4.79. The predicted molar refractivity (Wildman–Crippen MR) is 113 cm³/mol. The van der Waals surface area contributed by atoms with Crippen LogP contribution >= 0.6 is 0 Å². The van der Waals surface area contributed by atoms with Crippen LogP contribution in [-0.4, -0.2) is 17.6 Å². The van der Waals surface area contributed by atoms with Crippen molar-refractivity contribution in [3.8, 4) is 5.75 Å². The van der Waals surface area contributed by atoms with Crippen molar-refractivity contribution < 1.29 is 13.9 Å². The van der Waals surface area contributed by atoms with Gasteiger partial charge in [-0.1, -0.05) is 18.2 Å². The van der Waals surface area contributed by atoms with E-state index in [0.29, 0.717) is 28.4 Å². The Hall–Kier alpha value is -3.80. The highest BCUT2D eigenvalue weighted by Crippen LogP contribution is 2.25. The molecule has 29 heavy (non-hydrogen) atoms. The van der Waals surface area contributed by atoms with E-state index in [0.717, 1.165) is 10.9 Å². The number of fused-ring (bicyclic) bond motifs is 1. The molecule has 0 saturated heterocycles. The van der Waals surface area contributed by atoms with Crippen molar-refractivity contribution in [2.75, 3.05) is 18.2 Å². The lowest BCUT2D eigenvalue weighted by atomic mass is 10.2. The standard InChI is InChI=1S/C23H20FN3O2/c1-29-19-9-7-18(8-10-19)26-23(28)22-13-16-12-17(25)6-11-21(16)27(22)14-15-4-2-3-5-20(15)24/h2-13H,14,25H2,1H3,(H,26,28). The van der Waals surface area contributed by atoms with Crippen LogP contribution in [-0.2, 0) is 6.54 Å². The highest BCUT2D eigenvalue weighted by molar-refractivity contribution is 6.06. The molecule has 0 unspecified atom stereocenters. The van der Waals surface area contributed by atoms with Gasteiger partial charge in [0, 0.05) is 27.8 Å². The summed E-state index contributed by atoms with van der Waals surface area (Å²) in [6.45, 7) is 0.228. The lowest BCUT2D eigenvalue weighted by molar-refractivity contribution is 0.101. The molecule has 6 heteroatoms. The van der Waals surface area contributed by atoms with Crippen molar-refractivity contribution in [3.05, 3.63) is 89.9 Å². The van der Waals surface area contributed by atoms with Crippen LogP contribution in [0.15, 0.2) is 72.8 Å². The van der Waals surface area contributed by atoms with Gasteiger partial charge < -0.3 is 20.4 Å². The molecule has 0 aliphatic heterocycles. The monoisotopic (exact) mass is 389 g/mol. The van der Waals surface area contributed by atoms with Gasteiger partial charge in [-0.05, 0) is 54.6 Å². The maximum Gasteiger partial charge on any atom is 0.272 e. The summed E-state index contributed by atoms with van der Waals surface area (Å²) in [5, 5.41) is 3.71. The van der Waals surface area contributed by atoms with Crippen molar-refractivity contribution in [2.24, 2.45) is 0 Å². The number of nitrogens with one attached hydrogen (secondary N) is 1. The summed E-state index contributed by atoms with van der Waals surface area (Å²) in [5.74, 6) is 0.0970. The summed E-state index contributed by atoms with van der Waals surface area (Å²) >= 11 is 0. The maximum absolute atomic E-state index is 14.3. The summed E-state index contributed by atoms with van der Waals surface area (Å²) in [7, 11) is 1.58. The molecule has 0 saturated carbocycles. The van der Waals surface area contributed by atoms with Gasteiger partial charge in [0.05, 0.1) is 13.7 Å². The number of ether oxygens (including phenoxy) is 1. The summed E-state index contributed by atoms with van der Waals surface area (Å²) in [4.78, 5) is 13.0. The number of carbonyl (C=O) groups excluding carboxylic acids is 1. The number of aromatic nitrogens is 1. The van der Waals surface area contributed by atoms with Crippen molar-refractivity contribution in [2.45, 2.75) is 6.54 Å². The lowest BCUT2D eigenvalue weighted by Gasteiger charge is -2.12. The Morgan fingerprint density at radius 1 is 1.07 bits per heavy atom. The average molecular weight is 389 g/mol. The average Bonchev–Trinajstić information content (AvgIpc) is 3.08. The normalized spacial score (nSPS) is 10.8. The minimum absolute atomic E-state index is 0.228. The highest BCUT2D eigenvalue weighted by Gasteiger charge is 2.17. The van der Waals surface area contributed by atoms with E-state index in [1.54, 1.807) is 72.3 Å². The number of benzene rings is 3. The van der Waals surface area contributed by atoms with Gasteiger partial charge in [0.2, 0.25) is 0 Å². The largest absolute Gasteiger partial charge is 0.497 e. The van der Waals surface area contributed by atoms with Gasteiger partial charge in [0.15, 0.2) is 0 Å². The van der Waals surface area contributed by atoms with E-state index in [9.17, 15) is 9.18 Å². The van der Waals surface area contributed by atoms with Gasteiger partial charge in [0.25, 0.3) is 5.91 Å². The molecule has 0 aliphatic carbocycles. The van der Waals surface area contributed by atoms with Crippen LogP contribution in [0, 0.1) is 5.82 Å². The Labute approximate surface area is 167 Å². The first kappa shape index (κ1) is 18.6. The van der Waals surface area contributed by atoms with E-state index < -0.39 is 0 Å². The number of nitrogens with two attached hydrogens (primary N) is 1. The molecule has 0 atom stereocenters. The second kappa shape index (κ2) is 7.67. The fraction of sp³-hybridized carbons (Fsp3) is 0.0870. The SMILES string of the molecule is COc1ccc(NC(=O)c2cc3cc(N)ccc3n2Cc2ccccc2F)cc1. The number of hydrogen-bond acceptors (Lipinski definition) is 3. The zero-order chi connectivity index (χ0) is 20.4. The minimum atomic E-state index is -0.314. The number of anilines is 2. The molecule has 3 N–H and O–H groups in total.